The number of rotatable bonds is 4. The first-order valence-corrected chi connectivity index (χ1v) is 15.8. The van der Waals surface area contributed by atoms with Crippen molar-refractivity contribution in [3.63, 3.8) is 0 Å². The highest BCUT2D eigenvalue weighted by molar-refractivity contribution is 7.33. The number of hydrogen-bond donors (Lipinski definition) is 0. The summed E-state index contributed by atoms with van der Waals surface area (Å²) in [6.45, 7) is 0. The standard InChI is InChI=1S/C37H22N4S2/c1-3-11-23(12-4-1)24-19-21-26(22-20-24)36-38-35(25-13-5-2-6-14-25)39-37(40-36)41-31-27-15-7-9-17-29(27)42-33(31)34-32(41)28-16-8-10-18-30(28)43-34/h1-22H. The number of nitrogens with zero attached hydrogens (tertiary/aromatic N) is 4. The molecule has 0 amide bonds. The van der Waals surface area contributed by atoms with Crippen LogP contribution in [0.3, 0.4) is 0 Å². The second-order valence-electron chi connectivity index (χ2n) is 10.5. The first kappa shape index (κ1) is 24.4. The summed E-state index contributed by atoms with van der Waals surface area (Å²) in [5.74, 6) is 1.93. The lowest BCUT2D eigenvalue weighted by Gasteiger charge is -2.11. The largest absolute Gasteiger partial charge is 0.275 e. The molecule has 0 aliphatic heterocycles. The van der Waals surface area contributed by atoms with Crippen LogP contribution in [-0.2, 0) is 0 Å². The van der Waals surface area contributed by atoms with Gasteiger partial charge in [-0.05, 0) is 23.3 Å². The van der Waals surface area contributed by atoms with Crippen molar-refractivity contribution < 1.29 is 0 Å². The fraction of sp³-hybridized carbons (Fsp3) is 0. The molecule has 0 aliphatic rings. The molecule has 5 aromatic carbocycles. The number of aromatic nitrogens is 4. The van der Waals surface area contributed by atoms with Crippen molar-refractivity contribution in [3.05, 3.63) is 133 Å². The van der Waals surface area contributed by atoms with E-state index in [1.807, 2.05) is 46.9 Å². The predicted molar refractivity (Wildman–Crippen MR) is 181 cm³/mol. The number of hydrogen-bond acceptors (Lipinski definition) is 5. The minimum Gasteiger partial charge on any atom is -0.275 e. The van der Waals surface area contributed by atoms with Crippen LogP contribution in [0.2, 0.25) is 0 Å². The van der Waals surface area contributed by atoms with Gasteiger partial charge in [0.15, 0.2) is 11.6 Å². The second-order valence-corrected chi connectivity index (χ2v) is 12.6. The van der Waals surface area contributed by atoms with E-state index in [4.69, 9.17) is 15.0 Å². The van der Waals surface area contributed by atoms with Crippen LogP contribution in [0, 0.1) is 0 Å². The molecule has 6 heteroatoms. The van der Waals surface area contributed by atoms with Crippen LogP contribution in [0.15, 0.2) is 133 Å². The molecule has 202 valence electrons. The van der Waals surface area contributed by atoms with Gasteiger partial charge in [0.1, 0.15) is 0 Å². The third-order valence-electron chi connectivity index (χ3n) is 7.90. The van der Waals surface area contributed by atoms with E-state index in [1.54, 1.807) is 0 Å². The molecule has 4 nitrogen and oxygen atoms in total. The van der Waals surface area contributed by atoms with Crippen molar-refractivity contribution in [1.82, 2.24) is 19.5 Å². The van der Waals surface area contributed by atoms with E-state index in [1.165, 1.54) is 35.1 Å². The molecule has 0 fully saturated rings. The summed E-state index contributed by atoms with van der Waals surface area (Å²) in [5.41, 5.74) is 6.56. The van der Waals surface area contributed by atoms with E-state index >= 15 is 0 Å². The van der Waals surface area contributed by atoms with Crippen LogP contribution < -0.4 is 0 Å². The molecule has 0 bridgehead atoms. The highest BCUT2D eigenvalue weighted by Crippen LogP contribution is 2.47. The van der Waals surface area contributed by atoms with Crippen molar-refractivity contribution in [2.75, 3.05) is 0 Å². The summed E-state index contributed by atoms with van der Waals surface area (Å²) in [7, 11) is 0. The molecular formula is C37H22N4S2. The van der Waals surface area contributed by atoms with E-state index in [-0.39, 0.29) is 0 Å². The molecule has 9 rings (SSSR count). The summed E-state index contributed by atoms with van der Waals surface area (Å²) >= 11 is 3.68. The maximum atomic E-state index is 5.20. The molecule has 0 radical (unpaired) electrons. The van der Waals surface area contributed by atoms with E-state index < -0.39 is 0 Å². The first-order valence-electron chi connectivity index (χ1n) is 14.1. The van der Waals surface area contributed by atoms with Gasteiger partial charge in [-0.15, -0.1) is 22.7 Å². The molecular weight excluding hydrogens is 565 g/mol. The fourth-order valence-electron chi connectivity index (χ4n) is 5.88. The zero-order valence-corrected chi connectivity index (χ0v) is 24.4. The van der Waals surface area contributed by atoms with Gasteiger partial charge in [0.05, 0.1) is 20.4 Å². The normalized spacial score (nSPS) is 11.7. The minimum absolute atomic E-state index is 0.628. The Morgan fingerprint density at radius 2 is 0.814 bits per heavy atom. The summed E-state index contributed by atoms with van der Waals surface area (Å²) in [5, 5.41) is 2.43. The third kappa shape index (κ3) is 3.91. The number of thiophene rings is 2. The van der Waals surface area contributed by atoms with Gasteiger partial charge in [0.25, 0.3) is 0 Å². The van der Waals surface area contributed by atoms with Gasteiger partial charge in [-0.1, -0.05) is 121 Å². The molecule has 0 aliphatic carbocycles. The Morgan fingerprint density at radius 1 is 0.395 bits per heavy atom. The predicted octanol–water partition coefficient (Wildman–Crippen LogP) is 10.4. The average Bonchev–Trinajstić information content (AvgIpc) is 3.74. The molecule has 0 N–H and O–H groups in total. The number of fused-ring (bicyclic) bond motifs is 7. The monoisotopic (exact) mass is 586 g/mol. The van der Waals surface area contributed by atoms with Gasteiger partial charge in [0, 0.05) is 31.3 Å². The maximum Gasteiger partial charge on any atom is 0.238 e. The zero-order valence-electron chi connectivity index (χ0n) is 22.8. The minimum atomic E-state index is 0.628. The highest BCUT2D eigenvalue weighted by Gasteiger charge is 2.24. The first-order chi connectivity index (χ1) is 21.3. The Balaban J connectivity index is 1.34. The topological polar surface area (TPSA) is 43.6 Å². The second kappa shape index (κ2) is 9.70. The molecule has 0 atom stereocenters. The smallest absolute Gasteiger partial charge is 0.238 e. The van der Waals surface area contributed by atoms with Crippen LogP contribution in [0.1, 0.15) is 0 Å². The highest BCUT2D eigenvalue weighted by atomic mass is 32.1. The van der Waals surface area contributed by atoms with Gasteiger partial charge in [-0.25, -0.2) is 4.98 Å². The van der Waals surface area contributed by atoms with Crippen LogP contribution in [0.5, 0.6) is 0 Å². The summed E-state index contributed by atoms with van der Waals surface area (Å²) in [6, 6.07) is 46.4. The van der Waals surface area contributed by atoms with Crippen LogP contribution >= 0.6 is 22.7 Å². The quantitative estimate of drug-likeness (QED) is 0.206. The van der Waals surface area contributed by atoms with Crippen LogP contribution in [-0.4, -0.2) is 19.5 Å². The molecule has 0 saturated carbocycles. The van der Waals surface area contributed by atoms with Crippen LogP contribution in [0.4, 0.5) is 0 Å². The Morgan fingerprint density at radius 3 is 1.37 bits per heavy atom. The molecule has 0 spiro atoms. The van der Waals surface area contributed by atoms with Gasteiger partial charge in [0.2, 0.25) is 5.95 Å². The van der Waals surface area contributed by atoms with E-state index in [0.717, 1.165) is 27.7 Å². The van der Waals surface area contributed by atoms with Crippen molar-refractivity contribution in [3.8, 4) is 39.9 Å². The molecule has 4 heterocycles. The Hall–Kier alpha value is -5.17. The molecule has 0 unspecified atom stereocenters. The van der Waals surface area contributed by atoms with Crippen molar-refractivity contribution >= 4 is 63.3 Å². The van der Waals surface area contributed by atoms with E-state index in [2.05, 4.69) is 114 Å². The van der Waals surface area contributed by atoms with Crippen LogP contribution in [0.25, 0.3) is 80.5 Å². The Kier molecular flexibility index (Phi) is 5.51. The lowest BCUT2D eigenvalue weighted by atomic mass is 10.0. The van der Waals surface area contributed by atoms with Gasteiger partial charge in [-0.2, -0.15) is 9.97 Å². The lowest BCUT2D eigenvalue weighted by Crippen LogP contribution is -2.06. The van der Waals surface area contributed by atoms with Crippen molar-refractivity contribution in [2.24, 2.45) is 0 Å². The Bertz CT molecular complexity index is 2350. The lowest BCUT2D eigenvalue weighted by molar-refractivity contribution is 0.957. The van der Waals surface area contributed by atoms with Crippen molar-refractivity contribution in [1.29, 1.82) is 0 Å². The fourth-order valence-corrected chi connectivity index (χ4v) is 8.39. The number of benzene rings is 5. The van der Waals surface area contributed by atoms with Gasteiger partial charge >= 0.3 is 0 Å². The van der Waals surface area contributed by atoms with Crippen molar-refractivity contribution in [2.45, 2.75) is 0 Å². The summed E-state index contributed by atoms with van der Waals surface area (Å²) in [6.07, 6.45) is 0. The summed E-state index contributed by atoms with van der Waals surface area (Å²) in [4.78, 5) is 15.4. The van der Waals surface area contributed by atoms with E-state index in [0.29, 0.717) is 17.6 Å². The maximum absolute atomic E-state index is 5.20. The van der Waals surface area contributed by atoms with Gasteiger partial charge in [-0.3, -0.25) is 4.57 Å². The third-order valence-corrected chi connectivity index (χ3v) is 10.4. The summed E-state index contributed by atoms with van der Waals surface area (Å²) < 4.78 is 7.34. The molecule has 4 aromatic heterocycles. The van der Waals surface area contributed by atoms with E-state index in [9.17, 15) is 0 Å². The molecule has 0 saturated heterocycles. The van der Waals surface area contributed by atoms with Gasteiger partial charge < -0.3 is 0 Å². The SMILES string of the molecule is c1ccc(-c2ccc(-c3nc(-c4ccccc4)nc(-n4c5c6ccccc6sc5c5sc6ccccc6c54)n3)cc2)cc1. The zero-order chi connectivity index (χ0) is 28.3. The molecule has 9 aromatic rings. The molecule has 43 heavy (non-hydrogen) atoms. The average molecular weight is 587 g/mol. The Labute approximate surface area is 255 Å².